The standard InChI is InChI=1S/C34H38N4OSSi/c1-33(2,3)30-21-29-31(35-24-36-32(29)40-30)38-37-22-25-17-19-26(20-18-25)23-39-41(34(4,5)6,27-13-9-7-10-14-27)28-15-11-8-12-16-28/h7-22,24H,23H2,1-6H3,(H,35,36,38). The third-order valence-electron chi connectivity index (χ3n) is 7.30. The number of thiophene rings is 1. The second-order valence-electron chi connectivity index (χ2n) is 12.4. The minimum atomic E-state index is -2.58. The summed E-state index contributed by atoms with van der Waals surface area (Å²) in [6.07, 6.45) is 3.40. The normalized spacial score (nSPS) is 12.7. The van der Waals surface area contributed by atoms with Crippen molar-refractivity contribution in [2.24, 2.45) is 5.10 Å². The summed E-state index contributed by atoms with van der Waals surface area (Å²) >= 11 is 1.70. The van der Waals surface area contributed by atoms with E-state index < -0.39 is 8.32 Å². The summed E-state index contributed by atoms with van der Waals surface area (Å²) in [6.45, 7) is 14.1. The molecular formula is C34H38N4OSSi. The van der Waals surface area contributed by atoms with Crippen LogP contribution in [0.15, 0.2) is 102 Å². The monoisotopic (exact) mass is 578 g/mol. The molecule has 0 fully saturated rings. The van der Waals surface area contributed by atoms with E-state index >= 15 is 0 Å². The molecule has 0 spiro atoms. The van der Waals surface area contributed by atoms with Crippen molar-refractivity contribution < 1.29 is 4.43 Å². The summed E-state index contributed by atoms with van der Waals surface area (Å²) in [5.74, 6) is 0.716. The highest BCUT2D eigenvalue weighted by Gasteiger charge is 2.50. The summed E-state index contributed by atoms with van der Waals surface area (Å²) in [6, 6.07) is 32.1. The van der Waals surface area contributed by atoms with Crippen LogP contribution in [0.2, 0.25) is 5.04 Å². The number of hydrazone groups is 1. The topological polar surface area (TPSA) is 59.4 Å². The van der Waals surface area contributed by atoms with E-state index in [0.717, 1.165) is 21.3 Å². The molecule has 0 unspecified atom stereocenters. The first-order valence-electron chi connectivity index (χ1n) is 14.0. The third kappa shape index (κ3) is 6.17. The molecule has 0 saturated carbocycles. The van der Waals surface area contributed by atoms with Crippen LogP contribution in [0.3, 0.4) is 0 Å². The van der Waals surface area contributed by atoms with Crippen molar-refractivity contribution in [2.75, 3.05) is 5.43 Å². The van der Waals surface area contributed by atoms with Crippen LogP contribution in [0.25, 0.3) is 10.2 Å². The Hall–Kier alpha value is -3.65. The van der Waals surface area contributed by atoms with E-state index in [0.29, 0.717) is 12.4 Å². The fourth-order valence-electron chi connectivity index (χ4n) is 5.14. The first-order chi connectivity index (χ1) is 19.6. The molecule has 3 aromatic carbocycles. The van der Waals surface area contributed by atoms with E-state index in [1.54, 1.807) is 17.7 Å². The Morgan fingerprint density at radius 2 is 1.44 bits per heavy atom. The Kier molecular flexibility index (Phi) is 8.22. The lowest BCUT2D eigenvalue weighted by molar-refractivity contribution is 0.286. The Labute approximate surface area is 248 Å². The molecule has 2 aromatic heterocycles. The molecule has 0 atom stereocenters. The smallest absolute Gasteiger partial charge is 0.261 e. The summed E-state index contributed by atoms with van der Waals surface area (Å²) in [5.41, 5.74) is 5.31. The van der Waals surface area contributed by atoms with Gasteiger partial charge in [0.05, 0.1) is 18.2 Å². The summed E-state index contributed by atoms with van der Waals surface area (Å²) < 4.78 is 7.08. The molecule has 210 valence electrons. The summed E-state index contributed by atoms with van der Waals surface area (Å²) in [5, 5.41) is 7.98. The van der Waals surface area contributed by atoms with Gasteiger partial charge in [-0.1, -0.05) is 126 Å². The number of hydrogen-bond acceptors (Lipinski definition) is 6. The van der Waals surface area contributed by atoms with Crippen molar-refractivity contribution in [1.29, 1.82) is 0 Å². The van der Waals surface area contributed by atoms with Gasteiger partial charge in [0.2, 0.25) is 0 Å². The molecular weight excluding hydrogens is 541 g/mol. The Balaban J connectivity index is 1.33. The minimum absolute atomic E-state index is 0.0590. The predicted molar refractivity (Wildman–Crippen MR) is 176 cm³/mol. The van der Waals surface area contributed by atoms with Gasteiger partial charge in [0.1, 0.15) is 11.2 Å². The van der Waals surface area contributed by atoms with Crippen LogP contribution in [0.4, 0.5) is 5.82 Å². The van der Waals surface area contributed by atoms with Crippen molar-refractivity contribution >= 4 is 52.3 Å². The lowest BCUT2D eigenvalue weighted by Crippen LogP contribution is -2.66. The summed E-state index contributed by atoms with van der Waals surface area (Å²) in [4.78, 5) is 11.1. The van der Waals surface area contributed by atoms with Gasteiger partial charge >= 0.3 is 0 Å². The first kappa shape index (κ1) is 28.9. The molecule has 0 radical (unpaired) electrons. The van der Waals surface area contributed by atoms with Crippen LogP contribution in [-0.4, -0.2) is 24.5 Å². The number of benzene rings is 3. The average Bonchev–Trinajstić information content (AvgIpc) is 3.41. The predicted octanol–water partition coefficient (Wildman–Crippen LogP) is 7.51. The molecule has 5 nitrogen and oxygen atoms in total. The van der Waals surface area contributed by atoms with Crippen LogP contribution in [0.5, 0.6) is 0 Å². The molecule has 0 bridgehead atoms. The minimum Gasteiger partial charge on any atom is -0.403 e. The molecule has 5 rings (SSSR count). The first-order valence-corrected chi connectivity index (χ1v) is 16.7. The van der Waals surface area contributed by atoms with E-state index in [1.807, 2.05) is 6.21 Å². The molecule has 0 aliphatic rings. The van der Waals surface area contributed by atoms with Crippen molar-refractivity contribution in [1.82, 2.24) is 9.97 Å². The number of fused-ring (bicyclic) bond motifs is 1. The van der Waals surface area contributed by atoms with Crippen LogP contribution in [0, 0.1) is 0 Å². The summed E-state index contributed by atoms with van der Waals surface area (Å²) in [7, 11) is -2.58. The molecule has 7 heteroatoms. The second kappa shape index (κ2) is 11.7. The van der Waals surface area contributed by atoms with Crippen LogP contribution >= 0.6 is 11.3 Å². The van der Waals surface area contributed by atoms with Gasteiger partial charge in [-0.2, -0.15) is 5.10 Å². The number of aromatic nitrogens is 2. The molecule has 0 amide bonds. The highest BCUT2D eigenvalue weighted by atomic mass is 32.1. The van der Waals surface area contributed by atoms with Crippen LogP contribution in [0.1, 0.15) is 57.5 Å². The zero-order valence-corrected chi connectivity index (χ0v) is 26.5. The van der Waals surface area contributed by atoms with Crippen LogP contribution < -0.4 is 15.8 Å². The van der Waals surface area contributed by atoms with Gasteiger partial charge in [0.25, 0.3) is 8.32 Å². The van der Waals surface area contributed by atoms with Crippen molar-refractivity contribution in [2.45, 2.75) is 58.6 Å². The SMILES string of the molecule is CC(C)(C)c1cc2c(NN=Cc3ccc(CO[Si](c4ccccc4)(c4ccccc4)C(C)(C)C)cc3)ncnc2s1. The highest BCUT2D eigenvalue weighted by Crippen LogP contribution is 2.37. The van der Waals surface area contributed by atoms with Gasteiger partial charge in [-0.25, -0.2) is 9.97 Å². The number of rotatable bonds is 8. The molecule has 41 heavy (non-hydrogen) atoms. The molecule has 1 N–H and O–H groups in total. The Morgan fingerprint density at radius 3 is 2.00 bits per heavy atom. The lowest BCUT2D eigenvalue weighted by atomic mass is 9.94. The molecule has 0 saturated heterocycles. The number of anilines is 1. The Bertz CT molecular complexity index is 1580. The van der Waals surface area contributed by atoms with Crippen molar-refractivity contribution in [3.8, 4) is 0 Å². The lowest BCUT2D eigenvalue weighted by Gasteiger charge is -2.43. The maximum absolute atomic E-state index is 7.08. The molecule has 5 aromatic rings. The largest absolute Gasteiger partial charge is 0.403 e. The van der Waals surface area contributed by atoms with Gasteiger partial charge in [0, 0.05) is 4.88 Å². The van der Waals surface area contributed by atoms with Gasteiger partial charge in [0.15, 0.2) is 5.82 Å². The number of nitrogens with one attached hydrogen (secondary N) is 1. The van der Waals surface area contributed by atoms with E-state index in [1.165, 1.54) is 15.3 Å². The molecule has 0 aliphatic heterocycles. The van der Waals surface area contributed by atoms with E-state index in [2.05, 4.69) is 153 Å². The molecule has 0 aliphatic carbocycles. The third-order valence-corrected chi connectivity index (χ3v) is 13.8. The van der Waals surface area contributed by atoms with Crippen molar-refractivity contribution in [3.63, 3.8) is 0 Å². The van der Waals surface area contributed by atoms with Crippen LogP contribution in [-0.2, 0) is 16.4 Å². The number of nitrogens with zero attached hydrogens (tertiary/aromatic N) is 3. The zero-order valence-electron chi connectivity index (χ0n) is 24.7. The van der Waals surface area contributed by atoms with Gasteiger partial charge in [-0.05, 0) is 38.0 Å². The van der Waals surface area contributed by atoms with E-state index in [4.69, 9.17) is 4.43 Å². The van der Waals surface area contributed by atoms with E-state index in [9.17, 15) is 0 Å². The highest BCUT2D eigenvalue weighted by molar-refractivity contribution is 7.18. The fraction of sp³-hybridized carbons (Fsp3) is 0.265. The fourth-order valence-corrected chi connectivity index (χ4v) is 10.7. The van der Waals surface area contributed by atoms with E-state index in [-0.39, 0.29) is 10.5 Å². The van der Waals surface area contributed by atoms with Crippen molar-refractivity contribution in [3.05, 3.63) is 113 Å². The quantitative estimate of drug-likeness (QED) is 0.118. The zero-order chi connectivity index (χ0) is 29.1. The van der Waals surface area contributed by atoms with Gasteiger partial charge in [-0.15, -0.1) is 11.3 Å². The van der Waals surface area contributed by atoms with Gasteiger partial charge < -0.3 is 4.43 Å². The molecule has 2 heterocycles. The van der Waals surface area contributed by atoms with Gasteiger partial charge in [-0.3, -0.25) is 5.43 Å². The number of hydrogen-bond donors (Lipinski definition) is 1. The Morgan fingerprint density at radius 1 is 0.829 bits per heavy atom. The average molecular weight is 579 g/mol. The second-order valence-corrected chi connectivity index (χ2v) is 17.7. The maximum atomic E-state index is 7.08. The maximum Gasteiger partial charge on any atom is 0.261 e.